The van der Waals surface area contributed by atoms with E-state index in [4.69, 9.17) is 9.47 Å². The largest absolute Gasteiger partial charge is 0.496 e. The fourth-order valence-corrected chi connectivity index (χ4v) is 1.75. The van der Waals surface area contributed by atoms with E-state index in [1.54, 1.807) is 14.2 Å². The first-order chi connectivity index (χ1) is 9.08. The number of benzene rings is 1. The third-order valence-corrected chi connectivity index (χ3v) is 2.64. The SMILES string of the molecule is COc1ccccc1C(CNC(=O)NC(C)C)OC. The lowest BCUT2D eigenvalue weighted by atomic mass is 10.1. The van der Waals surface area contributed by atoms with E-state index in [9.17, 15) is 4.79 Å². The first kappa shape index (κ1) is 15.3. The third kappa shape index (κ3) is 4.79. The van der Waals surface area contributed by atoms with Crippen LogP contribution in [0, 0.1) is 0 Å². The first-order valence-electron chi connectivity index (χ1n) is 6.28. The molecule has 0 spiro atoms. The number of carbonyl (C=O) groups excluding carboxylic acids is 1. The number of ether oxygens (including phenoxy) is 2. The van der Waals surface area contributed by atoms with Gasteiger partial charge in [-0.2, -0.15) is 0 Å². The van der Waals surface area contributed by atoms with Gasteiger partial charge in [0.1, 0.15) is 11.9 Å². The van der Waals surface area contributed by atoms with Gasteiger partial charge in [0, 0.05) is 25.3 Å². The summed E-state index contributed by atoms with van der Waals surface area (Å²) in [6.45, 7) is 4.21. The maximum absolute atomic E-state index is 11.6. The molecule has 0 bridgehead atoms. The Labute approximate surface area is 114 Å². The van der Waals surface area contributed by atoms with Crippen LogP contribution in [0.2, 0.25) is 0 Å². The summed E-state index contributed by atoms with van der Waals surface area (Å²) in [5.74, 6) is 0.750. The van der Waals surface area contributed by atoms with Gasteiger partial charge in [-0.25, -0.2) is 4.79 Å². The number of nitrogens with one attached hydrogen (secondary N) is 2. The summed E-state index contributed by atoms with van der Waals surface area (Å²) in [6, 6.07) is 7.51. The van der Waals surface area contributed by atoms with Crippen LogP contribution in [0.15, 0.2) is 24.3 Å². The van der Waals surface area contributed by atoms with E-state index in [2.05, 4.69) is 10.6 Å². The molecule has 5 nitrogen and oxygen atoms in total. The molecule has 1 atom stereocenters. The molecular formula is C14H22N2O3. The van der Waals surface area contributed by atoms with E-state index < -0.39 is 0 Å². The number of carbonyl (C=O) groups is 1. The number of hydrogen-bond donors (Lipinski definition) is 2. The molecule has 5 heteroatoms. The van der Waals surface area contributed by atoms with Crippen LogP contribution in [-0.4, -0.2) is 32.8 Å². The zero-order valence-corrected chi connectivity index (χ0v) is 11.9. The summed E-state index contributed by atoms with van der Waals surface area (Å²) >= 11 is 0. The highest BCUT2D eigenvalue weighted by Crippen LogP contribution is 2.26. The third-order valence-electron chi connectivity index (χ3n) is 2.64. The van der Waals surface area contributed by atoms with Crippen molar-refractivity contribution in [3.8, 4) is 5.75 Å². The standard InChI is InChI=1S/C14H22N2O3/c1-10(2)16-14(17)15-9-13(19-4)11-7-5-6-8-12(11)18-3/h5-8,10,13H,9H2,1-4H3,(H2,15,16,17). The Balaban J connectivity index is 2.65. The maximum Gasteiger partial charge on any atom is 0.315 e. The van der Waals surface area contributed by atoms with Gasteiger partial charge < -0.3 is 20.1 Å². The summed E-state index contributed by atoms with van der Waals surface area (Å²) in [6.07, 6.45) is -0.242. The van der Waals surface area contributed by atoms with Crippen molar-refractivity contribution in [3.05, 3.63) is 29.8 Å². The molecule has 0 radical (unpaired) electrons. The molecule has 1 aromatic carbocycles. The molecule has 2 N–H and O–H groups in total. The smallest absolute Gasteiger partial charge is 0.315 e. The topological polar surface area (TPSA) is 59.6 Å². The normalized spacial score (nSPS) is 12.1. The fraction of sp³-hybridized carbons (Fsp3) is 0.500. The summed E-state index contributed by atoms with van der Waals surface area (Å²) in [5, 5.41) is 5.55. The molecule has 1 rings (SSSR count). The lowest BCUT2D eigenvalue weighted by molar-refractivity contribution is 0.101. The summed E-state index contributed by atoms with van der Waals surface area (Å²) in [5.41, 5.74) is 0.914. The zero-order valence-electron chi connectivity index (χ0n) is 11.9. The van der Waals surface area contributed by atoms with Crippen LogP contribution in [0.3, 0.4) is 0 Å². The Morgan fingerprint density at radius 3 is 2.53 bits per heavy atom. The molecule has 0 aliphatic heterocycles. The summed E-state index contributed by atoms with van der Waals surface area (Å²) < 4.78 is 10.7. The van der Waals surface area contributed by atoms with Crippen molar-refractivity contribution < 1.29 is 14.3 Å². The summed E-state index contributed by atoms with van der Waals surface area (Å²) in [4.78, 5) is 11.6. The van der Waals surface area contributed by atoms with Crippen molar-refractivity contribution in [1.29, 1.82) is 0 Å². The maximum atomic E-state index is 11.6. The van der Waals surface area contributed by atoms with Crippen LogP contribution in [0.25, 0.3) is 0 Å². The van der Waals surface area contributed by atoms with Gasteiger partial charge in [-0.1, -0.05) is 18.2 Å². The molecular weight excluding hydrogens is 244 g/mol. The average molecular weight is 266 g/mol. The van der Waals surface area contributed by atoms with Gasteiger partial charge in [-0.05, 0) is 19.9 Å². The minimum Gasteiger partial charge on any atom is -0.496 e. The van der Waals surface area contributed by atoms with E-state index in [0.29, 0.717) is 6.54 Å². The second kappa shape index (κ2) is 7.63. The van der Waals surface area contributed by atoms with Crippen molar-refractivity contribution in [2.24, 2.45) is 0 Å². The molecule has 0 heterocycles. The van der Waals surface area contributed by atoms with Gasteiger partial charge in [-0.15, -0.1) is 0 Å². The molecule has 106 valence electrons. The fourth-order valence-electron chi connectivity index (χ4n) is 1.75. The van der Waals surface area contributed by atoms with Crippen molar-refractivity contribution in [2.45, 2.75) is 26.0 Å². The van der Waals surface area contributed by atoms with Crippen molar-refractivity contribution >= 4 is 6.03 Å². The van der Waals surface area contributed by atoms with Crippen LogP contribution in [0.1, 0.15) is 25.5 Å². The van der Waals surface area contributed by atoms with Crippen LogP contribution in [0.4, 0.5) is 4.79 Å². The number of urea groups is 1. The average Bonchev–Trinajstić information content (AvgIpc) is 2.39. The van der Waals surface area contributed by atoms with Gasteiger partial charge in [0.25, 0.3) is 0 Å². The minimum atomic E-state index is -0.242. The quantitative estimate of drug-likeness (QED) is 0.829. The van der Waals surface area contributed by atoms with Crippen LogP contribution < -0.4 is 15.4 Å². The molecule has 0 saturated heterocycles. The predicted molar refractivity (Wildman–Crippen MR) is 74.4 cm³/mol. The van der Waals surface area contributed by atoms with Crippen molar-refractivity contribution in [3.63, 3.8) is 0 Å². The van der Waals surface area contributed by atoms with Crippen LogP contribution in [0.5, 0.6) is 5.75 Å². The first-order valence-corrected chi connectivity index (χ1v) is 6.28. The zero-order chi connectivity index (χ0) is 14.3. The molecule has 2 amide bonds. The molecule has 0 fully saturated rings. The van der Waals surface area contributed by atoms with Crippen molar-refractivity contribution in [2.75, 3.05) is 20.8 Å². The number of methoxy groups -OCH3 is 2. The second-order valence-electron chi connectivity index (χ2n) is 4.48. The Kier molecular flexibility index (Phi) is 6.15. The molecule has 19 heavy (non-hydrogen) atoms. The number of rotatable bonds is 6. The molecule has 0 aliphatic carbocycles. The van der Waals surface area contributed by atoms with E-state index in [1.807, 2.05) is 38.1 Å². The Hall–Kier alpha value is -1.75. The van der Waals surface area contributed by atoms with E-state index >= 15 is 0 Å². The van der Waals surface area contributed by atoms with E-state index in [0.717, 1.165) is 11.3 Å². The lowest BCUT2D eigenvalue weighted by Gasteiger charge is -2.19. The predicted octanol–water partition coefficient (Wildman–Crippen LogP) is 2.09. The highest BCUT2D eigenvalue weighted by Gasteiger charge is 2.16. The van der Waals surface area contributed by atoms with Gasteiger partial charge in [-0.3, -0.25) is 0 Å². The highest BCUT2D eigenvalue weighted by atomic mass is 16.5. The molecule has 0 aromatic heterocycles. The molecule has 1 unspecified atom stereocenters. The van der Waals surface area contributed by atoms with Crippen LogP contribution in [-0.2, 0) is 4.74 Å². The Morgan fingerprint density at radius 2 is 1.95 bits per heavy atom. The Morgan fingerprint density at radius 1 is 1.26 bits per heavy atom. The van der Waals surface area contributed by atoms with Gasteiger partial charge in [0.15, 0.2) is 0 Å². The van der Waals surface area contributed by atoms with E-state index in [-0.39, 0.29) is 18.2 Å². The molecule has 0 aliphatic rings. The molecule has 0 saturated carbocycles. The number of hydrogen-bond acceptors (Lipinski definition) is 3. The Bertz CT molecular complexity index is 407. The highest BCUT2D eigenvalue weighted by molar-refractivity contribution is 5.74. The van der Waals surface area contributed by atoms with E-state index in [1.165, 1.54) is 0 Å². The van der Waals surface area contributed by atoms with Gasteiger partial charge in [0.05, 0.1) is 7.11 Å². The number of para-hydroxylation sites is 1. The van der Waals surface area contributed by atoms with Crippen LogP contribution >= 0.6 is 0 Å². The van der Waals surface area contributed by atoms with Crippen molar-refractivity contribution in [1.82, 2.24) is 10.6 Å². The second-order valence-corrected chi connectivity index (χ2v) is 4.48. The monoisotopic (exact) mass is 266 g/mol. The summed E-state index contributed by atoms with van der Waals surface area (Å²) in [7, 11) is 3.23. The van der Waals surface area contributed by atoms with Gasteiger partial charge >= 0.3 is 6.03 Å². The molecule has 1 aromatic rings. The minimum absolute atomic E-state index is 0.104. The van der Waals surface area contributed by atoms with Gasteiger partial charge in [0.2, 0.25) is 0 Å². The number of amides is 2. The lowest BCUT2D eigenvalue weighted by Crippen LogP contribution is -2.41.